The Kier molecular flexibility index (Phi) is 19.8. The molecule has 50 heavy (non-hydrogen) atoms. The van der Waals surface area contributed by atoms with Crippen LogP contribution in [0.15, 0.2) is 0 Å². The van der Waals surface area contributed by atoms with Crippen LogP contribution in [0.3, 0.4) is 0 Å². The molecule has 0 aromatic rings. The molecule has 0 aromatic heterocycles. The van der Waals surface area contributed by atoms with Crippen LogP contribution in [-0.4, -0.2) is 48.8 Å². The standard InChI is InChI=1S/C43H80N4O3/c1-3-5-7-9-11-13-15-17-20-24-28-47(29-25-21-18-16-14-12-10-8-6-4-2)30-26-22-19-23-27-46-40(50)43-33-37-31-41(35-43,38(44)48)34-42(32-37,36-43)39(45)49/h37H,3-36H2,1-2H3,(H2,44,48)(H2,45,49)(H,46,50). The molecule has 7 heteroatoms. The van der Waals surface area contributed by atoms with Gasteiger partial charge in [-0.2, -0.15) is 0 Å². The Bertz CT molecular complexity index is 931. The smallest absolute Gasteiger partial charge is 0.226 e. The van der Waals surface area contributed by atoms with E-state index in [1.54, 1.807) is 0 Å². The maximum Gasteiger partial charge on any atom is 0.226 e. The number of carbonyl (C=O) groups excluding carboxylic acids is 3. The van der Waals surface area contributed by atoms with Gasteiger partial charge in [0, 0.05) is 6.54 Å². The van der Waals surface area contributed by atoms with Crippen LogP contribution in [0.2, 0.25) is 0 Å². The topological polar surface area (TPSA) is 119 Å². The van der Waals surface area contributed by atoms with E-state index in [4.69, 9.17) is 11.5 Å². The van der Waals surface area contributed by atoms with Crippen LogP contribution in [0.5, 0.6) is 0 Å². The average Bonchev–Trinajstić information content (AvgIpc) is 3.08. The lowest BCUT2D eigenvalue weighted by Crippen LogP contribution is -2.66. The molecule has 0 radical (unpaired) electrons. The number of amides is 3. The summed E-state index contributed by atoms with van der Waals surface area (Å²) >= 11 is 0. The second-order valence-corrected chi connectivity index (χ2v) is 17.5. The Morgan fingerprint density at radius 3 is 1.20 bits per heavy atom. The van der Waals surface area contributed by atoms with E-state index in [-0.39, 0.29) is 23.6 Å². The molecule has 4 fully saturated rings. The van der Waals surface area contributed by atoms with Crippen LogP contribution in [-0.2, 0) is 14.4 Å². The summed E-state index contributed by atoms with van der Waals surface area (Å²) in [5.74, 6) is -0.544. The molecule has 4 bridgehead atoms. The maximum atomic E-state index is 13.7. The number of unbranched alkanes of at least 4 members (excludes halogenated alkanes) is 21. The summed E-state index contributed by atoms with van der Waals surface area (Å²) < 4.78 is 0. The van der Waals surface area contributed by atoms with Gasteiger partial charge in [-0.3, -0.25) is 14.4 Å². The van der Waals surface area contributed by atoms with Crippen molar-refractivity contribution in [3.8, 4) is 0 Å². The van der Waals surface area contributed by atoms with E-state index in [2.05, 4.69) is 24.1 Å². The van der Waals surface area contributed by atoms with Gasteiger partial charge in [0.15, 0.2) is 0 Å². The van der Waals surface area contributed by atoms with Crippen molar-refractivity contribution < 1.29 is 14.4 Å². The highest BCUT2D eigenvalue weighted by molar-refractivity contribution is 5.91. The predicted molar refractivity (Wildman–Crippen MR) is 208 cm³/mol. The fourth-order valence-electron chi connectivity index (χ4n) is 10.4. The van der Waals surface area contributed by atoms with E-state index in [0.717, 1.165) is 19.3 Å². The number of carbonyl (C=O) groups is 3. The summed E-state index contributed by atoms with van der Waals surface area (Å²) in [5, 5.41) is 3.22. The Morgan fingerprint density at radius 2 is 0.820 bits per heavy atom. The molecule has 0 spiro atoms. The van der Waals surface area contributed by atoms with Crippen LogP contribution in [0.4, 0.5) is 0 Å². The molecule has 0 aliphatic heterocycles. The number of hydrogen-bond donors (Lipinski definition) is 3. The second kappa shape index (κ2) is 23.1. The Morgan fingerprint density at radius 1 is 0.500 bits per heavy atom. The van der Waals surface area contributed by atoms with E-state index < -0.39 is 16.2 Å². The van der Waals surface area contributed by atoms with Gasteiger partial charge in [-0.1, -0.05) is 142 Å². The van der Waals surface area contributed by atoms with Gasteiger partial charge in [0.25, 0.3) is 0 Å². The van der Waals surface area contributed by atoms with Crippen molar-refractivity contribution in [1.29, 1.82) is 0 Å². The van der Waals surface area contributed by atoms with E-state index in [1.807, 2.05) is 0 Å². The molecule has 5 N–H and O–H groups in total. The van der Waals surface area contributed by atoms with Gasteiger partial charge in [-0.05, 0) is 89.8 Å². The molecule has 3 amide bonds. The van der Waals surface area contributed by atoms with Crippen molar-refractivity contribution in [2.75, 3.05) is 26.2 Å². The third kappa shape index (κ3) is 13.7. The van der Waals surface area contributed by atoms with Gasteiger partial charge >= 0.3 is 0 Å². The SMILES string of the molecule is CCCCCCCCCCCCN(CCCCCCCCCCCC)CCCCCCNC(=O)C12CC3CC(C(N)=O)(CC(C(N)=O)(C3)C1)C2. The first-order chi connectivity index (χ1) is 24.2. The number of hydrogen-bond acceptors (Lipinski definition) is 4. The molecular weight excluding hydrogens is 620 g/mol. The fraction of sp³-hybridized carbons (Fsp3) is 0.930. The van der Waals surface area contributed by atoms with Gasteiger partial charge < -0.3 is 21.7 Å². The highest BCUT2D eigenvalue weighted by atomic mass is 16.2. The summed E-state index contributed by atoms with van der Waals surface area (Å²) in [6.07, 6.45) is 35.7. The third-order valence-electron chi connectivity index (χ3n) is 12.9. The molecule has 4 rings (SSSR count). The van der Waals surface area contributed by atoms with Crippen molar-refractivity contribution >= 4 is 17.7 Å². The van der Waals surface area contributed by atoms with Crippen molar-refractivity contribution in [2.24, 2.45) is 33.6 Å². The zero-order valence-corrected chi connectivity index (χ0v) is 32.9. The third-order valence-corrected chi connectivity index (χ3v) is 12.9. The van der Waals surface area contributed by atoms with Gasteiger partial charge in [0.05, 0.1) is 16.2 Å². The van der Waals surface area contributed by atoms with Crippen molar-refractivity contribution in [2.45, 2.75) is 206 Å². The molecule has 290 valence electrons. The second-order valence-electron chi connectivity index (χ2n) is 17.5. The van der Waals surface area contributed by atoms with Crippen LogP contribution in [0.25, 0.3) is 0 Å². The molecule has 4 aliphatic carbocycles. The number of primary amides is 2. The lowest BCUT2D eigenvalue weighted by atomic mass is 9.39. The molecule has 0 aromatic carbocycles. The van der Waals surface area contributed by atoms with Crippen LogP contribution in [0.1, 0.15) is 206 Å². The predicted octanol–water partition coefficient (Wildman–Crippen LogP) is 9.73. The van der Waals surface area contributed by atoms with E-state index in [1.165, 1.54) is 161 Å². The molecular formula is C43H80N4O3. The van der Waals surface area contributed by atoms with Crippen molar-refractivity contribution in [1.82, 2.24) is 10.2 Å². The summed E-state index contributed by atoms with van der Waals surface area (Å²) in [4.78, 5) is 41.6. The number of rotatable bonds is 32. The summed E-state index contributed by atoms with van der Waals surface area (Å²) in [7, 11) is 0. The monoisotopic (exact) mass is 701 g/mol. The number of nitrogens with zero attached hydrogens (tertiary/aromatic N) is 1. The van der Waals surface area contributed by atoms with Crippen LogP contribution in [0, 0.1) is 22.2 Å². The first-order valence-corrected chi connectivity index (χ1v) is 21.8. The minimum Gasteiger partial charge on any atom is -0.369 e. The number of nitrogens with two attached hydrogens (primary N) is 2. The average molecular weight is 701 g/mol. The van der Waals surface area contributed by atoms with Gasteiger partial charge in [0.1, 0.15) is 0 Å². The zero-order chi connectivity index (χ0) is 36.1. The van der Waals surface area contributed by atoms with E-state index in [0.29, 0.717) is 38.6 Å². The minimum absolute atomic E-state index is 0.0111. The largest absolute Gasteiger partial charge is 0.369 e. The first-order valence-electron chi connectivity index (χ1n) is 21.8. The van der Waals surface area contributed by atoms with Crippen LogP contribution >= 0.6 is 0 Å². The van der Waals surface area contributed by atoms with Gasteiger partial charge in [0.2, 0.25) is 17.7 Å². The van der Waals surface area contributed by atoms with Crippen molar-refractivity contribution in [3.63, 3.8) is 0 Å². The van der Waals surface area contributed by atoms with Crippen LogP contribution < -0.4 is 16.8 Å². The Hall–Kier alpha value is -1.63. The highest BCUT2D eigenvalue weighted by Crippen LogP contribution is 2.69. The maximum absolute atomic E-state index is 13.7. The lowest BCUT2D eigenvalue weighted by Gasteiger charge is -2.63. The summed E-state index contributed by atoms with van der Waals surface area (Å²) in [5.41, 5.74) is 9.60. The molecule has 4 aliphatic rings. The summed E-state index contributed by atoms with van der Waals surface area (Å²) in [6, 6.07) is 0. The molecule has 2 unspecified atom stereocenters. The zero-order valence-electron chi connectivity index (χ0n) is 32.9. The lowest BCUT2D eigenvalue weighted by molar-refractivity contribution is -0.185. The molecule has 7 nitrogen and oxygen atoms in total. The van der Waals surface area contributed by atoms with E-state index >= 15 is 0 Å². The normalized spacial score (nSPS) is 25.4. The highest BCUT2D eigenvalue weighted by Gasteiger charge is 2.69. The van der Waals surface area contributed by atoms with E-state index in [9.17, 15) is 14.4 Å². The quantitative estimate of drug-likeness (QED) is 0.0606. The summed E-state index contributed by atoms with van der Waals surface area (Å²) in [6.45, 7) is 8.91. The Balaban J connectivity index is 1.32. The molecule has 0 heterocycles. The molecule has 4 saturated carbocycles. The first kappa shape index (κ1) is 42.8. The minimum atomic E-state index is -0.764. The number of nitrogens with one attached hydrogen (secondary N) is 1. The Labute approximate surface area is 308 Å². The fourth-order valence-corrected chi connectivity index (χ4v) is 10.4. The van der Waals surface area contributed by atoms with Crippen molar-refractivity contribution in [3.05, 3.63) is 0 Å². The van der Waals surface area contributed by atoms with Gasteiger partial charge in [-0.25, -0.2) is 0 Å². The van der Waals surface area contributed by atoms with Gasteiger partial charge in [-0.15, -0.1) is 0 Å². The molecule has 2 atom stereocenters. The molecule has 0 saturated heterocycles.